The summed E-state index contributed by atoms with van der Waals surface area (Å²) in [6, 6.07) is 22.6. The predicted octanol–water partition coefficient (Wildman–Crippen LogP) is 3.85. The van der Waals surface area contributed by atoms with Crippen LogP contribution >= 0.6 is 15.9 Å². The van der Waals surface area contributed by atoms with E-state index in [1.54, 1.807) is 0 Å². The molecule has 160 valence electrons. The van der Waals surface area contributed by atoms with Crippen LogP contribution in [0.15, 0.2) is 93.4 Å². The van der Waals surface area contributed by atoms with E-state index in [9.17, 15) is 13.2 Å². The number of halogens is 1. The summed E-state index contributed by atoms with van der Waals surface area (Å²) in [5, 5.41) is 11.9. The Balaban J connectivity index is 1.76. The maximum Gasteiger partial charge on any atom is 0.273 e. The van der Waals surface area contributed by atoms with Crippen LogP contribution in [0.25, 0.3) is 0 Å². The molecule has 0 bridgehead atoms. The molecule has 1 amide bonds. The van der Waals surface area contributed by atoms with Crippen molar-refractivity contribution >= 4 is 43.3 Å². The molecule has 0 atom stereocenters. The third kappa shape index (κ3) is 7.02. The highest BCUT2D eigenvalue weighted by Gasteiger charge is 2.15. The number of carbonyl (C=O) groups is 1. The molecule has 0 saturated heterocycles. The van der Waals surface area contributed by atoms with E-state index in [1.807, 2.05) is 54.6 Å². The Morgan fingerprint density at radius 2 is 1.65 bits per heavy atom. The number of oxime groups is 1. The summed E-state index contributed by atoms with van der Waals surface area (Å²) in [6.07, 6.45) is 0.245. The lowest BCUT2D eigenvalue weighted by Crippen LogP contribution is -2.25. The first-order valence-electron chi connectivity index (χ1n) is 9.23. The molecular formula is C22H20BrN3O4S. The van der Waals surface area contributed by atoms with E-state index in [0.29, 0.717) is 5.69 Å². The molecule has 0 spiro atoms. The van der Waals surface area contributed by atoms with E-state index >= 15 is 0 Å². The molecule has 0 aliphatic heterocycles. The zero-order chi connectivity index (χ0) is 22.3. The van der Waals surface area contributed by atoms with Crippen LogP contribution in [0, 0.1) is 0 Å². The molecule has 3 aromatic carbocycles. The molecule has 7 nitrogen and oxygen atoms in total. The summed E-state index contributed by atoms with van der Waals surface area (Å²) < 4.78 is 23.7. The number of hydrogen-bond acceptors (Lipinski definition) is 5. The fourth-order valence-electron chi connectivity index (χ4n) is 2.68. The number of nitrogens with zero attached hydrogens (tertiary/aromatic N) is 1. The van der Waals surface area contributed by atoms with Crippen molar-refractivity contribution in [1.82, 2.24) is 0 Å². The Hall–Kier alpha value is -3.01. The topological polar surface area (TPSA) is 111 Å². The van der Waals surface area contributed by atoms with Gasteiger partial charge in [-0.2, -0.15) is 0 Å². The minimum atomic E-state index is -3.81. The minimum absolute atomic E-state index is 0.0419. The second-order valence-electron chi connectivity index (χ2n) is 6.63. The van der Waals surface area contributed by atoms with Crippen molar-refractivity contribution in [2.24, 2.45) is 10.3 Å². The summed E-state index contributed by atoms with van der Waals surface area (Å²) in [6.45, 7) is 0.221. The number of nitrogens with one attached hydrogen (secondary N) is 1. The summed E-state index contributed by atoms with van der Waals surface area (Å²) in [5.74, 6) is -0.462. The van der Waals surface area contributed by atoms with E-state index in [2.05, 4.69) is 26.4 Å². The Morgan fingerprint density at radius 3 is 2.29 bits per heavy atom. The van der Waals surface area contributed by atoms with Gasteiger partial charge in [0.2, 0.25) is 10.0 Å². The molecule has 0 heterocycles. The number of anilines is 1. The predicted molar refractivity (Wildman–Crippen MR) is 123 cm³/mol. The Labute approximate surface area is 189 Å². The number of nitrogens with two attached hydrogens (primary N) is 1. The van der Waals surface area contributed by atoms with Gasteiger partial charge in [-0.25, -0.2) is 13.6 Å². The van der Waals surface area contributed by atoms with Crippen LogP contribution in [0.3, 0.4) is 0 Å². The van der Waals surface area contributed by atoms with Crippen LogP contribution in [-0.4, -0.2) is 20.0 Å². The summed E-state index contributed by atoms with van der Waals surface area (Å²) in [4.78, 5) is 18.2. The largest absolute Gasteiger partial charge is 0.391 e. The van der Waals surface area contributed by atoms with Gasteiger partial charge in [0, 0.05) is 16.6 Å². The van der Waals surface area contributed by atoms with Crippen LogP contribution in [0.4, 0.5) is 5.69 Å². The lowest BCUT2D eigenvalue weighted by atomic mass is 10.1. The number of carbonyl (C=O) groups excluding carboxylic acids is 1. The number of primary sulfonamides is 1. The normalized spacial score (nSPS) is 11.7. The zero-order valence-corrected chi connectivity index (χ0v) is 18.8. The van der Waals surface area contributed by atoms with Gasteiger partial charge in [-0.3, -0.25) is 4.79 Å². The lowest BCUT2D eigenvalue weighted by molar-refractivity contribution is -0.110. The van der Waals surface area contributed by atoms with E-state index in [0.717, 1.165) is 15.6 Å². The van der Waals surface area contributed by atoms with Crippen molar-refractivity contribution in [3.8, 4) is 0 Å². The number of amides is 1. The van der Waals surface area contributed by atoms with Crippen LogP contribution < -0.4 is 10.5 Å². The van der Waals surface area contributed by atoms with E-state index in [1.165, 1.54) is 24.3 Å². The number of sulfonamides is 1. The SMILES string of the molecule is NS(=O)(=O)c1ccc(NC(=O)/C(Cc2cccc(Br)c2)=N/OCc2ccccc2)cc1. The van der Waals surface area contributed by atoms with Gasteiger partial charge in [0.15, 0.2) is 0 Å². The number of rotatable bonds is 8. The Morgan fingerprint density at radius 1 is 0.968 bits per heavy atom. The molecule has 0 aromatic heterocycles. The average Bonchev–Trinajstić information content (AvgIpc) is 2.73. The molecule has 0 aliphatic rings. The van der Waals surface area contributed by atoms with Crippen LogP contribution in [0.5, 0.6) is 0 Å². The molecule has 0 unspecified atom stereocenters. The summed E-state index contributed by atoms with van der Waals surface area (Å²) >= 11 is 3.42. The molecular weight excluding hydrogens is 482 g/mol. The minimum Gasteiger partial charge on any atom is -0.391 e. The highest BCUT2D eigenvalue weighted by Crippen LogP contribution is 2.15. The standard InChI is InChI=1S/C22H20BrN3O4S/c23-18-8-4-7-17(13-18)14-21(26-30-15-16-5-2-1-3-6-16)22(27)25-19-9-11-20(12-10-19)31(24,28)29/h1-13H,14-15H2,(H,25,27)(H2,24,28,29)/b26-21+. The van der Waals surface area contributed by atoms with Crippen molar-refractivity contribution in [3.05, 3.63) is 94.5 Å². The van der Waals surface area contributed by atoms with Crippen LogP contribution in [0.1, 0.15) is 11.1 Å². The second kappa shape index (κ2) is 10.3. The first kappa shape index (κ1) is 22.7. The first-order chi connectivity index (χ1) is 14.8. The van der Waals surface area contributed by atoms with Crippen LogP contribution in [0.2, 0.25) is 0 Å². The Kier molecular flexibility index (Phi) is 7.56. The van der Waals surface area contributed by atoms with Gasteiger partial charge in [-0.15, -0.1) is 0 Å². The maximum atomic E-state index is 12.8. The van der Waals surface area contributed by atoms with Gasteiger partial charge >= 0.3 is 0 Å². The van der Waals surface area contributed by atoms with Crippen molar-refractivity contribution in [3.63, 3.8) is 0 Å². The van der Waals surface area contributed by atoms with E-state index in [4.69, 9.17) is 9.98 Å². The van der Waals surface area contributed by atoms with Gasteiger partial charge in [-0.05, 0) is 47.5 Å². The molecule has 3 aromatic rings. The van der Waals surface area contributed by atoms with Crippen molar-refractivity contribution in [1.29, 1.82) is 0 Å². The molecule has 0 aliphatic carbocycles. The average molecular weight is 502 g/mol. The van der Waals surface area contributed by atoms with Gasteiger partial charge in [-0.1, -0.05) is 63.6 Å². The maximum absolute atomic E-state index is 12.8. The third-order valence-electron chi connectivity index (χ3n) is 4.21. The summed E-state index contributed by atoms with van der Waals surface area (Å²) in [7, 11) is -3.81. The third-order valence-corrected chi connectivity index (χ3v) is 5.63. The van der Waals surface area contributed by atoms with Crippen molar-refractivity contribution in [2.45, 2.75) is 17.9 Å². The molecule has 3 rings (SSSR count). The van der Waals surface area contributed by atoms with E-state index in [-0.39, 0.29) is 23.6 Å². The molecule has 0 fully saturated rings. The lowest BCUT2D eigenvalue weighted by Gasteiger charge is -2.10. The van der Waals surface area contributed by atoms with Gasteiger partial charge in [0.1, 0.15) is 12.3 Å². The highest BCUT2D eigenvalue weighted by molar-refractivity contribution is 9.10. The van der Waals surface area contributed by atoms with E-state index < -0.39 is 15.9 Å². The number of benzene rings is 3. The summed E-state index contributed by atoms with van der Waals surface area (Å²) in [5.41, 5.74) is 2.37. The molecule has 0 radical (unpaired) electrons. The van der Waals surface area contributed by atoms with Crippen LogP contribution in [-0.2, 0) is 32.7 Å². The Bertz CT molecular complexity index is 1180. The second-order valence-corrected chi connectivity index (χ2v) is 9.10. The monoisotopic (exact) mass is 501 g/mol. The van der Waals surface area contributed by atoms with Crippen molar-refractivity contribution in [2.75, 3.05) is 5.32 Å². The van der Waals surface area contributed by atoms with Gasteiger partial charge < -0.3 is 10.2 Å². The fourth-order valence-corrected chi connectivity index (χ4v) is 3.65. The molecule has 31 heavy (non-hydrogen) atoms. The van der Waals surface area contributed by atoms with Crippen molar-refractivity contribution < 1.29 is 18.0 Å². The fraction of sp³-hybridized carbons (Fsp3) is 0.0909. The van der Waals surface area contributed by atoms with Gasteiger partial charge in [0.25, 0.3) is 5.91 Å². The molecule has 9 heteroatoms. The van der Waals surface area contributed by atoms with Gasteiger partial charge in [0.05, 0.1) is 4.90 Å². The first-order valence-corrected chi connectivity index (χ1v) is 11.6. The molecule has 0 saturated carbocycles. The zero-order valence-electron chi connectivity index (χ0n) is 16.4. The highest BCUT2D eigenvalue weighted by atomic mass is 79.9. The molecule has 3 N–H and O–H groups in total. The quantitative estimate of drug-likeness (QED) is 0.360. The number of hydrogen-bond donors (Lipinski definition) is 2. The smallest absolute Gasteiger partial charge is 0.273 e.